The summed E-state index contributed by atoms with van der Waals surface area (Å²) in [5, 5.41) is 8.99. The molecule has 0 fully saturated rings. The molecule has 4 heterocycles. The summed E-state index contributed by atoms with van der Waals surface area (Å²) in [7, 11) is 1.86. The summed E-state index contributed by atoms with van der Waals surface area (Å²) in [6.45, 7) is 3.90. The second-order valence-electron chi connectivity index (χ2n) is 5.70. The van der Waals surface area contributed by atoms with Crippen LogP contribution in [0, 0.1) is 13.8 Å². The summed E-state index contributed by atoms with van der Waals surface area (Å²) in [5.41, 5.74) is 2.64. The van der Waals surface area contributed by atoms with Crippen molar-refractivity contribution in [3.8, 4) is 11.6 Å². The fraction of sp³-hybridized carbons (Fsp3) is 0.312. The van der Waals surface area contributed by atoms with Crippen molar-refractivity contribution in [2.75, 3.05) is 0 Å². The van der Waals surface area contributed by atoms with Crippen molar-refractivity contribution < 1.29 is 4.42 Å². The topological polar surface area (TPSA) is 86.9 Å². The average Bonchev–Trinajstić information content (AvgIpc) is 3.28. The van der Waals surface area contributed by atoms with Crippen molar-refractivity contribution in [3.63, 3.8) is 0 Å². The normalized spacial score (nSPS) is 11.5. The highest BCUT2D eigenvalue weighted by atomic mass is 16.3. The van der Waals surface area contributed by atoms with Gasteiger partial charge < -0.3 is 4.42 Å². The highest BCUT2D eigenvalue weighted by molar-refractivity contribution is 5.46. The maximum atomic E-state index is 5.38. The van der Waals surface area contributed by atoms with Gasteiger partial charge in [0.1, 0.15) is 0 Å². The minimum atomic E-state index is 0.664. The molecule has 4 aromatic rings. The van der Waals surface area contributed by atoms with Crippen LogP contribution in [-0.4, -0.2) is 34.3 Å². The predicted molar refractivity (Wildman–Crippen MR) is 86.4 cm³/mol. The number of nitrogens with zero attached hydrogens (tertiary/aromatic N) is 7. The molecule has 122 valence electrons. The third kappa shape index (κ3) is 2.45. The molecule has 0 aliphatic rings. The van der Waals surface area contributed by atoms with Crippen LogP contribution in [0.1, 0.15) is 23.0 Å². The van der Waals surface area contributed by atoms with Gasteiger partial charge in [-0.1, -0.05) is 0 Å². The van der Waals surface area contributed by atoms with Gasteiger partial charge in [-0.05, 0) is 26.0 Å². The lowest BCUT2D eigenvalue weighted by Gasteiger charge is -1.97. The number of hydrogen-bond acceptors (Lipinski definition) is 6. The Balaban J connectivity index is 1.56. The van der Waals surface area contributed by atoms with Crippen LogP contribution in [0.3, 0.4) is 0 Å². The van der Waals surface area contributed by atoms with Crippen LogP contribution in [0.2, 0.25) is 0 Å². The summed E-state index contributed by atoms with van der Waals surface area (Å²) in [6, 6.07) is 3.71. The van der Waals surface area contributed by atoms with Crippen LogP contribution < -0.4 is 0 Å². The molecule has 0 N–H and O–H groups in total. The summed E-state index contributed by atoms with van der Waals surface area (Å²) < 4.78 is 8.94. The molecule has 0 saturated heterocycles. The minimum absolute atomic E-state index is 0.664. The Morgan fingerprint density at radius 2 is 1.88 bits per heavy atom. The first-order valence-corrected chi connectivity index (χ1v) is 7.73. The smallest absolute Gasteiger partial charge is 0.194 e. The van der Waals surface area contributed by atoms with Crippen LogP contribution >= 0.6 is 0 Å². The fourth-order valence-corrected chi connectivity index (χ4v) is 2.63. The zero-order valence-corrected chi connectivity index (χ0v) is 13.8. The average molecular weight is 323 g/mol. The van der Waals surface area contributed by atoms with Crippen LogP contribution in [-0.2, 0) is 19.9 Å². The van der Waals surface area contributed by atoms with Crippen molar-refractivity contribution in [1.29, 1.82) is 0 Å². The van der Waals surface area contributed by atoms with E-state index < -0.39 is 0 Å². The van der Waals surface area contributed by atoms with Crippen LogP contribution in [0.4, 0.5) is 0 Å². The van der Waals surface area contributed by atoms with Gasteiger partial charge in [0, 0.05) is 26.1 Å². The van der Waals surface area contributed by atoms with E-state index in [-0.39, 0.29) is 0 Å². The molecule has 0 amide bonds. The quantitative estimate of drug-likeness (QED) is 0.570. The lowest BCUT2D eigenvalue weighted by molar-refractivity contribution is 0.570. The van der Waals surface area contributed by atoms with Crippen molar-refractivity contribution >= 4 is 5.65 Å². The molecule has 0 saturated carbocycles. The molecule has 24 heavy (non-hydrogen) atoms. The van der Waals surface area contributed by atoms with Crippen molar-refractivity contribution in [2.24, 2.45) is 7.05 Å². The molecular formula is C16H17N7O. The van der Waals surface area contributed by atoms with Crippen LogP contribution in [0.15, 0.2) is 29.0 Å². The molecule has 8 nitrogen and oxygen atoms in total. The van der Waals surface area contributed by atoms with E-state index in [4.69, 9.17) is 4.42 Å². The van der Waals surface area contributed by atoms with E-state index in [1.54, 1.807) is 17.1 Å². The van der Waals surface area contributed by atoms with E-state index in [0.29, 0.717) is 24.4 Å². The number of furan rings is 1. The maximum Gasteiger partial charge on any atom is 0.194 e. The highest BCUT2D eigenvalue weighted by Gasteiger charge is 2.14. The van der Waals surface area contributed by atoms with Crippen molar-refractivity contribution in [2.45, 2.75) is 26.7 Å². The Kier molecular flexibility index (Phi) is 3.37. The van der Waals surface area contributed by atoms with E-state index in [1.165, 1.54) is 0 Å². The SMILES string of the molecule is Cc1ncc(C)n2nc(CCc3nc(-c4ccco4)n(C)n3)nc12. The van der Waals surface area contributed by atoms with Gasteiger partial charge in [-0.15, -0.1) is 0 Å². The monoisotopic (exact) mass is 323 g/mol. The molecule has 8 heteroatoms. The molecule has 4 rings (SSSR count). The molecule has 0 aliphatic carbocycles. The van der Waals surface area contributed by atoms with Crippen LogP contribution in [0.25, 0.3) is 17.2 Å². The number of fused-ring (bicyclic) bond motifs is 1. The minimum Gasteiger partial charge on any atom is -0.461 e. The molecule has 0 unspecified atom stereocenters. The van der Waals surface area contributed by atoms with E-state index in [2.05, 4.69) is 25.1 Å². The van der Waals surface area contributed by atoms with Gasteiger partial charge in [-0.2, -0.15) is 10.2 Å². The summed E-state index contributed by atoms with van der Waals surface area (Å²) in [6.07, 6.45) is 4.76. The Morgan fingerprint density at radius 1 is 1.08 bits per heavy atom. The van der Waals surface area contributed by atoms with Gasteiger partial charge in [-0.25, -0.2) is 19.2 Å². The fourth-order valence-electron chi connectivity index (χ4n) is 2.63. The van der Waals surface area contributed by atoms with E-state index in [0.717, 1.165) is 28.7 Å². The predicted octanol–water partition coefficient (Wildman–Crippen LogP) is 1.91. The van der Waals surface area contributed by atoms with Crippen LogP contribution in [0.5, 0.6) is 0 Å². The zero-order chi connectivity index (χ0) is 16.7. The maximum absolute atomic E-state index is 5.38. The molecule has 4 aromatic heterocycles. The van der Waals surface area contributed by atoms with Gasteiger partial charge >= 0.3 is 0 Å². The van der Waals surface area contributed by atoms with E-state index in [9.17, 15) is 0 Å². The van der Waals surface area contributed by atoms with Crippen molar-refractivity contribution in [1.82, 2.24) is 34.3 Å². The first-order valence-electron chi connectivity index (χ1n) is 7.73. The number of rotatable bonds is 4. The molecule has 0 aliphatic heterocycles. The second-order valence-corrected chi connectivity index (χ2v) is 5.70. The van der Waals surface area contributed by atoms with Gasteiger partial charge in [0.25, 0.3) is 0 Å². The number of hydrogen-bond donors (Lipinski definition) is 0. The number of aromatic nitrogens is 7. The largest absolute Gasteiger partial charge is 0.461 e. The molecule has 0 spiro atoms. The Bertz CT molecular complexity index is 958. The summed E-state index contributed by atoms with van der Waals surface area (Å²) in [4.78, 5) is 13.4. The van der Waals surface area contributed by atoms with Gasteiger partial charge in [0.05, 0.1) is 17.7 Å². The molecular weight excluding hydrogens is 306 g/mol. The van der Waals surface area contributed by atoms with Gasteiger partial charge in [0.15, 0.2) is 28.9 Å². The third-order valence-corrected chi connectivity index (χ3v) is 3.87. The van der Waals surface area contributed by atoms with E-state index in [1.807, 2.05) is 37.5 Å². The molecule has 0 radical (unpaired) electrons. The second kappa shape index (κ2) is 5.55. The standard InChI is InChI=1S/C16H17N7O/c1-10-9-17-11(2)15-18-14(21-23(10)15)7-6-13-19-16(22(3)20-13)12-5-4-8-24-12/h4-5,8-9H,6-7H2,1-3H3. The molecule has 0 bridgehead atoms. The summed E-state index contributed by atoms with van der Waals surface area (Å²) >= 11 is 0. The van der Waals surface area contributed by atoms with Crippen molar-refractivity contribution in [3.05, 3.63) is 47.6 Å². The van der Waals surface area contributed by atoms with Gasteiger partial charge in [0.2, 0.25) is 0 Å². The lowest BCUT2D eigenvalue weighted by Crippen LogP contribution is -1.99. The summed E-state index contributed by atoms with van der Waals surface area (Å²) in [5.74, 6) is 2.93. The first-order chi connectivity index (χ1) is 11.6. The Hall–Kier alpha value is -3.03. The lowest BCUT2D eigenvalue weighted by atomic mass is 10.3. The Labute approximate surface area is 138 Å². The molecule has 0 aromatic carbocycles. The molecule has 0 atom stereocenters. The Morgan fingerprint density at radius 3 is 2.58 bits per heavy atom. The first kappa shape index (κ1) is 14.6. The third-order valence-electron chi connectivity index (χ3n) is 3.87. The van der Waals surface area contributed by atoms with Gasteiger partial charge in [-0.3, -0.25) is 4.98 Å². The number of aryl methyl sites for hydroxylation is 5. The zero-order valence-electron chi connectivity index (χ0n) is 13.8. The highest BCUT2D eigenvalue weighted by Crippen LogP contribution is 2.17. The van der Waals surface area contributed by atoms with E-state index >= 15 is 0 Å².